The number of morpholine rings is 1. The fourth-order valence-corrected chi connectivity index (χ4v) is 6.38. The van der Waals surface area contributed by atoms with Crippen LogP contribution in [0.15, 0.2) is 24.3 Å². The summed E-state index contributed by atoms with van der Waals surface area (Å²) in [5.74, 6) is 0.756. The van der Waals surface area contributed by atoms with Gasteiger partial charge in [0.25, 0.3) is 5.91 Å². The molecule has 0 unspecified atom stereocenters. The molecule has 0 radical (unpaired) electrons. The van der Waals surface area contributed by atoms with Crippen LogP contribution in [0, 0.1) is 12.8 Å². The first-order valence-electron chi connectivity index (χ1n) is 16.4. The number of amides is 1. The van der Waals surface area contributed by atoms with Gasteiger partial charge in [0, 0.05) is 37.6 Å². The molecular weight excluding hydrogens is 506 g/mol. The quantitative estimate of drug-likeness (QED) is 0.299. The third-order valence-corrected chi connectivity index (χ3v) is 9.28. The summed E-state index contributed by atoms with van der Waals surface area (Å²) < 4.78 is 7.93. The number of nitrogens with one attached hydrogen (secondary N) is 1. The summed E-state index contributed by atoms with van der Waals surface area (Å²) in [6, 6.07) is 9.31. The summed E-state index contributed by atoms with van der Waals surface area (Å²) in [6.07, 6.45) is 9.93. The van der Waals surface area contributed by atoms with Crippen molar-refractivity contribution in [3.8, 4) is 11.3 Å². The van der Waals surface area contributed by atoms with Crippen LogP contribution in [-0.4, -0.2) is 54.8 Å². The van der Waals surface area contributed by atoms with E-state index in [1.54, 1.807) is 0 Å². The van der Waals surface area contributed by atoms with Crippen LogP contribution < -0.4 is 5.32 Å². The Morgan fingerprint density at radius 3 is 2.12 bits per heavy atom. The van der Waals surface area contributed by atoms with Gasteiger partial charge < -0.3 is 14.6 Å². The Hall–Kier alpha value is -2.11. The highest BCUT2D eigenvalue weighted by atomic mass is 16.5. The zero-order valence-corrected chi connectivity index (χ0v) is 27.2. The topological polar surface area (TPSA) is 46.5 Å². The smallest absolute Gasteiger partial charge is 0.253 e. The minimum atomic E-state index is 0.0494. The SMILES string of the molecule is Cc1c(C(=O)NCCCCCN2CCOCC2)cc(-c2cc(C(C)(C)C)cc(C(C)(C)C)c2)n1CC1CCCCC1. The molecule has 0 bridgehead atoms. The number of rotatable bonds is 10. The average molecular weight is 564 g/mol. The van der Waals surface area contributed by atoms with Gasteiger partial charge in [0.15, 0.2) is 0 Å². The minimum Gasteiger partial charge on any atom is -0.379 e. The van der Waals surface area contributed by atoms with Crippen LogP contribution in [0.2, 0.25) is 0 Å². The lowest BCUT2D eigenvalue weighted by Crippen LogP contribution is -2.36. The maximum absolute atomic E-state index is 13.5. The van der Waals surface area contributed by atoms with E-state index < -0.39 is 0 Å². The van der Waals surface area contributed by atoms with E-state index in [2.05, 4.69) is 87.5 Å². The molecule has 1 amide bonds. The zero-order chi connectivity index (χ0) is 29.6. The molecule has 2 aliphatic rings. The molecule has 4 rings (SSSR count). The van der Waals surface area contributed by atoms with Gasteiger partial charge in [-0.05, 0) is 90.8 Å². The standard InChI is InChI=1S/C36H57N3O2/c1-27-32(34(40)37-16-12-9-13-17-38-18-20-41-21-19-38)25-33(39(27)26-28-14-10-8-11-15-28)29-22-30(35(2,3)4)24-31(23-29)36(5,6)7/h22-25,28H,8-21,26H2,1-7H3,(H,37,40). The lowest BCUT2D eigenvalue weighted by Gasteiger charge is -2.27. The number of unbranched alkanes of at least 4 members (excludes halogenated alkanes) is 2. The van der Waals surface area contributed by atoms with E-state index in [9.17, 15) is 4.79 Å². The van der Waals surface area contributed by atoms with E-state index in [0.717, 1.165) is 70.0 Å². The predicted octanol–water partition coefficient (Wildman–Crippen LogP) is 7.87. The molecule has 2 heterocycles. The summed E-state index contributed by atoms with van der Waals surface area (Å²) in [7, 11) is 0. The van der Waals surface area contributed by atoms with Crippen molar-refractivity contribution in [2.45, 2.75) is 117 Å². The van der Waals surface area contributed by atoms with Crippen molar-refractivity contribution < 1.29 is 9.53 Å². The second kappa shape index (κ2) is 13.9. The number of carbonyl (C=O) groups excluding carboxylic acids is 1. The van der Waals surface area contributed by atoms with Crippen LogP contribution >= 0.6 is 0 Å². The van der Waals surface area contributed by atoms with Crippen molar-refractivity contribution in [1.82, 2.24) is 14.8 Å². The molecule has 0 spiro atoms. The molecule has 2 aromatic rings. The Kier molecular flexibility index (Phi) is 10.8. The zero-order valence-electron chi connectivity index (χ0n) is 27.2. The first-order valence-corrected chi connectivity index (χ1v) is 16.4. The molecule has 1 saturated heterocycles. The van der Waals surface area contributed by atoms with Crippen LogP contribution in [0.4, 0.5) is 0 Å². The maximum Gasteiger partial charge on any atom is 0.253 e. The van der Waals surface area contributed by atoms with E-state index in [1.165, 1.54) is 60.9 Å². The van der Waals surface area contributed by atoms with E-state index in [-0.39, 0.29) is 16.7 Å². The molecule has 1 aromatic heterocycles. The normalized spacial score (nSPS) is 17.6. The van der Waals surface area contributed by atoms with Gasteiger partial charge in [-0.2, -0.15) is 0 Å². The number of benzene rings is 1. The molecule has 1 aromatic carbocycles. The van der Waals surface area contributed by atoms with E-state index in [4.69, 9.17) is 4.74 Å². The molecule has 0 atom stereocenters. The van der Waals surface area contributed by atoms with Crippen molar-refractivity contribution >= 4 is 5.91 Å². The molecule has 41 heavy (non-hydrogen) atoms. The summed E-state index contributed by atoms with van der Waals surface area (Å²) in [5.41, 5.74) is 7.18. The summed E-state index contributed by atoms with van der Waals surface area (Å²) in [4.78, 5) is 16.0. The molecule has 1 aliphatic heterocycles. The molecule has 2 fully saturated rings. The van der Waals surface area contributed by atoms with E-state index in [0.29, 0.717) is 5.92 Å². The molecule has 5 nitrogen and oxygen atoms in total. The first-order chi connectivity index (χ1) is 19.4. The predicted molar refractivity (Wildman–Crippen MR) is 172 cm³/mol. The summed E-state index contributed by atoms with van der Waals surface area (Å²) in [5, 5.41) is 3.26. The van der Waals surface area contributed by atoms with Gasteiger partial charge in [0.2, 0.25) is 0 Å². The highest BCUT2D eigenvalue weighted by Gasteiger charge is 2.25. The van der Waals surface area contributed by atoms with Gasteiger partial charge in [-0.3, -0.25) is 9.69 Å². The third-order valence-electron chi connectivity index (χ3n) is 9.28. The average Bonchev–Trinajstić information content (AvgIpc) is 3.26. The summed E-state index contributed by atoms with van der Waals surface area (Å²) >= 11 is 0. The second-order valence-corrected chi connectivity index (χ2v) is 14.7. The van der Waals surface area contributed by atoms with Crippen LogP contribution in [0.1, 0.15) is 120 Å². The monoisotopic (exact) mass is 563 g/mol. The Morgan fingerprint density at radius 2 is 1.51 bits per heavy atom. The van der Waals surface area contributed by atoms with Crippen molar-refractivity contribution in [2.75, 3.05) is 39.4 Å². The van der Waals surface area contributed by atoms with Gasteiger partial charge in [-0.25, -0.2) is 0 Å². The van der Waals surface area contributed by atoms with Gasteiger partial charge in [-0.1, -0.05) is 73.3 Å². The number of nitrogens with zero attached hydrogens (tertiary/aromatic N) is 2. The number of hydrogen-bond donors (Lipinski definition) is 1. The molecule has 228 valence electrons. The maximum atomic E-state index is 13.5. The fraction of sp³-hybridized carbons (Fsp3) is 0.694. The minimum absolute atomic E-state index is 0.0494. The fourth-order valence-electron chi connectivity index (χ4n) is 6.38. The second-order valence-electron chi connectivity index (χ2n) is 14.7. The Labute approximate surface area is 250 Å². The Bertz CT molecular complexity index is 1110. The number of hydrogen-bond acceptors (Lipinski definition) is 3. The van der Waals surface area contributed by atoms with Crippen molar-refractivity contribution in [3.05, 3.63) is 46.6 Å². The van der Waals surface area contributed by atoms with Gasteiger partial charge in [-0.15, -0.1) is 0 Å². The van der Waals surface area contributed by atoms with Gasteiger partial charge in [0.05, 0.1) is 18.8 Å². The highest BCUT2D eigenvalue weighted by molar-refractivity contribution is 5.97. The van der Waals surface area contributed by atoms with E-state index in [1.807, 2.05) is 0 Å². The van der Waals surface area contributed by atoms with Crippen molar-refractivity contribution in [3.63, 3.8) is 0 Å². The summed E-state index contributed by atoms with van der Waals surface area (Å²) in [6.45, 7) is 22.6. The number of aromatic nitrogens is 1. The van der Waals surface area contributed by atoms with Crippen molar-refractivity contribution in [2.24, 2.45) is 5.92 Å². The van der Waals surface area contributed by atoms with Crippen molar-refractivity contribution in [1.29, 1.82) is 0 Å². The number of ether oxygens (including phenoxy) is 1. The molecule has 5 heteroatoms. The molecule has 1 saturated carbocycles. The lowest BCUT2D eigenvalue weighted by atomic mass is 9.79. The van der Waals surface area contributed by atoms with E-state index >= 15 is 0 Å². The molecule has 1 aliphatic carbocycles. The largest absolute Gasteiger partial charge is 0.379 e. The highest BCUT2D eigenvalue weighted by Crippen LogP contribution is 2.37. The first kappa shape index (κ1) is 31.8. The van der Waals surface area contributed by atoms with Gasteiger partial charge in [0.1, 0.15) is 0 Å². The molecule has 1 N–H and O–H groups in total. The van der Waals surface area contributed by atoms with Crippen LogP contribution in [-0.2, 0) is 22.1 Å². The number of carbonyl (C=O) groups is 1. The Balaban J connectivity index is 1.54. The third kappa shape index (κ3) is 8.70. The van der Waals surface area contributed by atoms with Crippen LogP contribution in [0.25, 0.3) is 11.3 Å². The van der Waals surface area contributed by atoms with Gasteiger partial charge >= 0.3 is 0 Å². The lowest BCUT2D eigenvalue weighted by molar-refractivity contribution is 0.0371. The Morgan fingerprint density at radius 1 is 0.878 bits per heavy atom. The van der Waals surface area contributed by atoms with Crippen LogP contribution in [0.3, 0.4) is 0 Å². The van der Waals surface area contributed by atoms with Crippen LogP contribution in [0.5, 0.6) is 0 Å². The molecular formula is C36H57N3O2.